The number of nitrogens with zero attached hydrogens (tertiary/aromatic N) is 1. The SMILES string of the molecule is CCC(NC(=O)CCCN(c1ccc(F)c(F)c1)S(C)(=O)=O)c1ccc(S(C)(=O)=O)cc1. The largest absolute Gasteiger partial charge is 0.349 e. The second kappa shape index (κ2) is 10.4. The van der Waals surface area contributed by atoms with Crippen molar-refractivity contribution in [2.24, 2.45) is 0 Å². The summed E-state index contributed by atoms with van der Waals surface area (Å²) in [7, 11) is -7.09. The standard InChI is InChI=1S/C21H26F2N2O5S2/c1-4-20(15-7-10-17(11-8-15)31(2,27)28)24-21(26)6-5-13-25(32(3,29)30)16-9-12-18(22)19(23)14-16/h7-12,14,20H,4-6,13H2,1-3H3,(H,24,26). The van der Waals surface area contributed by atoms with Gasteiger partial charge in [0.2, 0.25) is 15.9 Å². The van der Waals surface area contributed by atoms with Crippen molar-refractivity contribution in [3.05, 3.63) is 59.7 Å². The maximum Gasteiger partial charge on any atom is 0.232 e. The number of sulfonamides is 1. The number of carbonyl (C=O) groups excluding carboxylic acids is 1. The Hall–Kier alpha value is -2.53. The molecular weight excluding hydrogens is 462 g/mol. The average Bonchev–Trinajstić information content (AvgIpc) is 2.70. The molecule has 0 bridgehead atoms. The Bertz CT molecular complexity index is 1170. The van der Waals surface area contributed by atoms with Crippen molar-refractivity contribution in [2.75, 3.05) is 23.4 Å². The van der Waals surface area contributed by atoms with Crippen LogP contribution in [0.1, 0.15) is 37.8 Å². The van der Waals surface area contributed by atoms with Crippen LogP contribution in [-0.2, 0) is 24.7 Å². The Morgan fingerprint density at radius 2 is 1.62 bits per heavy atom. The molecule has 1 N–H and O–H groups in total. The van der Waals surface area contributed by atoms with Crippen molar-refractivity contribution >= 4 is 31.5 Å². The number of sulfone groups is 1. The van der Waals surface area contributed by atoms with Crippen LogP contribution in [0.25, 0.3) is 0 Å². The molecule has 11 heteroatoms. The predicted octanol–water partition coefficient (Wildman–Crippen LogP) is 3.18. The zero-order valence-electron chi connectivity index (χ0n) is 18.0. The fourth-order valence-corrected chi connectivity index (χ4v) is 4.73. The summed E-state index contributed by atoms with van der Waals surface area (Å²) in [4.78, 5) is 12.6. The van der Waals surface area contributed by atoms with Crippen LogP contribution in [0.5, 0.6) is 0 Å². The summed E-state index contributed by atoms with van der Waals surface area (Å²) >= 11 is 0. The number of rotatable bonds is 10. The van der Waals surface area contributed by atoms with Gasteiger partial charge in [0.05, 0.1) is 22.9 Å². The lowest BCUT2D eigenvalue weighted by atomic mass is 10.0. The number of benzene rings is 2. The smallest absolute Gasteiger partial charge is 0.232 e. The van der Waals surface area contributed by atoms with Gasteiger partial charge >= 0.3 is 0 Å². The molecule has 0 radical (unpaired) electrons. The normalized spacial score (nSPS) is 12.9. The predicted molar refractivity (Wildman–Crippen MR) is 119 cm³/mol. The molecule has 0 fully saturated rings. The van der Waals surface area contributed by atoms with Gasteiger partial charge in [-0.2, -0.15) is 0 Å². The quantitative estimate of drug-likeness (QED) is 0.554. The molecule has 7 nitrogen and oxygen atoms in total. The highest BCUT2D eigenvalue weighted by Crippen LogP contribution is 2.22. The van der Waals surface area contributed by atoms with E-state index in [0.29, 0.717) is 6.42 Å². The molecule has 0 spiro atoms. The molecule has 2 aromatic rings. The summed E-state index contributed by atoms with van der Waals surface area (Å²) < 4.78 is 74.9. The van der Waals surface area contributed by atoms with E-state index in [1.54, 1.807) is 12.1 Å². The molecule has 1 amide bonds. The first kappa shape index (κ1) is 25.7. The fraction of sp³-hybridized carbons (Fsp3) is 0.381. The topological polar surface area (TPSA) is 101 Å². The van der Waals surface area contributed by atoms with Gasteiger partial charge in [-0.15, -0.1) is 0 Å². The highest BCUT2D eigenvalue weighted by Gasteiger charge is 2.20. The van der Waals surface area contributed by atoms with Crippen molar-refractivity contribution < 1.29 is 30.4 Å². The Labute approximate surface area is 187 Å². The van der Waals surface area contributed by atoms with Gasteiger partial charge < -0.3 is 5.32 Å². The first-order valence-corrected chi connectivity index (χ1v) is 13.6. The maximum absolute atomic E-state index is 13.5. The third kappa shape index (κ3) is 6.99. The minimum atomic E-state index is -3.77. The minimum Gasteiger partial charge on any atom is -0.349 e. The number of amides is 1. The van der Waals surface area contributed by atoms with E-state index in [4.69, 9.17) is 0 Å². The van der Waals surface area contributed by atoms with Crippen LogP contribution < -0.4 is 9.62 Å². The molecule has 0 aliphatic carbocycles. The van der Waals surface area contributed by atoms with Crippen molar-refractivity contribution in [2.45, 2.75) is 37.1 Å². The molecule has 32 heavy (non-hydrogen) atoms. The second-order valence-electron chi connectivity index (χ2n) is 7.41. The van der Waals surface area contributed by atoms with Crippen LogP contribution >= 0.6 is 0 Å². The van der Waals surface area contributed by atoms with Gasteiger partial charge in [-0.3, -0.25) is 9.10 Å². The minimum absolute atomic E-state index is 0.00756. The number of halogens is 2. The fourth-order valence-electron chi connectivity index (χ4n) is 3.14. The summed E-state index contributed by atoms with van der Waals surface area (Å²) in [5.41, 5.74) is 0.719. The van der Waals surface area contributed by atoms with Crippen molar-refractivity contribution in [3.8, 4) is 0 Å². The summed E-state index contributed by atoms with van der Waals surface area (Å²) in [6, 6.07) is 8.69. The number of carbonyl (C=O) groups is 1. The molecule has 0 aliphatic rings. The Morgan fingerprint density at radius 1 is 1.00 bits per heavy atom. The van der Waals surface area contributed by atoms with E-state index >= 15 is 0 Å². The van der Waals surface area contributed by atoms with Crippen molar-refractivity contribution in [1.82, 2.24) is 5.32 Å². The van der Waals surface area contributed by atoms with Gasteiger partial charge in [0.15, 0.2) is 21.5 Å². The van der Waals surface area contributed by atoms with Crippen molar-refractivity contribution in [1.29, 1.82) is 0 Å². The molecule has 176 valence electrons. The van der Waals surface area contributed by atoms with Crippen LogP contribution in [-0.4, -0.2) is 41.8 Å². The molecule has 1 unspecified atom stereocenters. The van der Waals surface area contributed by atoms with Crippen LogP contribution in [0.4, 0.5) is 14.5 Å². The summed E-state index contributed by atoms with van der Waals surface area (Å²) in [5.74, 6) is -2.57. The van der Waals surface area contributed by atoms with E-state index in [1.165, 1.54) is 12.1 Å². The molecule has 0 aromatic heterocycles. The number of anilines is 1. The Morgan fingerprint density at radius 3 is 2.12 bits per heavy atom. The lowest BCUT2D eigenvalue weighted by Crippen LogP contribution is -2.33. The van der Waals surface area contributed by atoms with E-state index < -0.39 is 31.5 Å². The zero-order valence-corrected chi connectivity index (χ0v) is 19.6. The van der Waals surface area contributed by atoms with Gasteiger partial charge in [0.25, 0.3) is 0 Å². The molecule has 1 atom stereocenters. The number of hydrogen-bond acceptors (Lipinski definition) is 5. The Balaban J connectivity index is 2.01. The van der Waals surface area contributed by atoms with E-state index in [1.807, 2.05) is 6.92 Å². The molecule has 2 rings (SSSR count). The first-order chi connectivity index (χ1) is 14.8. The van der Waals surface area contributed by atoms with Gasteiger partial charge in [-0.25, -0.2) is 25.6 Å². The Kier molecular flexibility index (Phi) is 8.35. The third-order valence-corrected chi connectivity index (χ3v) is 7.13. The second-order valence-corrected chi connectivity index (χ2v) is 11.3. The van der Waals surface area contributed by atoms with Crippen LogP contribution in [0, 0.1) is 11.6 Å². The molecule has 2 aromatic carbocycles. The molecule has 0 saturated heterocycles. The van der Waals surface area contributed by atoms with Crippen molar-refractivity contribution in [3.63, 3.8) is 0 Å². The highest BCUT2D eigenvalue weighted by molar-refractivity contribution is 7.92. The van der Waals surface area contributed by atoms with Crippen LogP contribution in [0.2, 0.25) is 0 Å². The summed E-state index contributed by atoms with van der Waals surface area (Å²) in [5, 5.41) is 2.84. The van der Waals surface area contributed by atoms with Gasteiger partial charge in [-0.1, -0.05) is 19.1 Å². The van der Waals surface area contributed by atoms with E-state index in [0.717, 1.165) is 40.6 Å². The van der Waals surface area contributed by atoms with Gasteiger partial charge in [0.1, 0.15) is 0 Å². The third-order valence-electron chi connectivity index (χ3n) is 4.81. The zero-order chi connectivity index (χ0) is 24.1. The van der Waals surface area contributed by atoms with Crippen LogP contribution in [0.3, 0.4) is 0 Å². The molecule has 0 heterocycles. The summed E-state index contributed by atoms with van der Waals surface area (Å²) in [6.07, 6.45) is 2.78. The van der Waals surface area contributed by atoms with E-state index in [2.05, 4.69) is 5.32 Å². The maximum atomic E-state index is 13.5. The summed E-state index contributed by atoms with van der Waals surface area (Å²) in [6.45, 7) is 1.78. The lowest BCUT2D eigenvalue weighted by molar-refractivity contribution is -0.121. The number of nitrogens with one attached hydrogen (secondary N) is 1. The van der Waals surface area contributed by atoms with E-state index in [-0.39, 0.29) is 41.9 Å². The molecule has 0 saturated carbocycles. The highest BCUT2D eigenvalue weighted by atomic mass is 32.2. The monoisotopic (exact) mass is 488 g/mol. The number of hydrogen-bond donors (Lipinski definition) is 1. The average molecular weight is 489 g/mol. The molecule has 0 aliphatic heterocycles. The first-order valence-electron chi connectivity index (χ1n) is 9.85. The van der Waals surface area contributed by atoms with E-state index in [9.17, 15) is 30.4 Å². The van der Waals surface area contributed by atoms with Gasteiger partial charge in [-0.05, 0) is 42.7 Å². The lowest BCUT2D eigenvalue weighted by Gasteiger charge is -2.23. The van der Waals surface area contributed by atoms with Gasteiger partial charge in [0, 0.05) is 25.3 Å². The molecular formula is C21H26F2N2O5S2. The van der Waals surface area contributed by atoms with Crippen LogP contribution in [0.15, 0.2) is 47.4 Å².